The number of thioether (sulfide) groups is 1. The van der Waals surface area contributed by atoms with Crippen molar-refractivity contribution in [2.24, 2.45) is 0 Å². The van der Waals surface area contributed by atoms with Gasteiger partial charge in [0.05, 0.1) is 0 Å². The van der Waals surface area contributed by atoms with Crippen molar-refractivity contribution in [2.75, 3.05) is 18.8 Å². The first-order chi connectivity index (χ1) is 8.66. The molecule has 0 saturated heterocycles. The average Bonchev–Trinajstić information content (AvgIpc) is 2.77. The molecule has 0 aliphatic carbocycles. The fraction of sp³-hybridized carbons (Fsp3) is 0.333. The lowest BCUT2D eigenvalue weighted by Gasteiger charge is -2.12. The fourth-order valence-corrected chi connectivity index (χ4v) is 3.09. The van der Waals surface area contributed by atoms with E-state index in [1.807, 2.05) is 12.1 Å². The number of fused-ring (bicyclic) bond motifs is 1. The van der Waals surface area contributed by atoms with Gasteiger partial charge in [-0.3, -0.25) is 4.79 Å². The van der Waals surface area contributed by atoms with Crippen LogP contribution < -0.4 is 10.6 Å². The minimum absolute atomic E-state index is 0.293. The Morgan fingerprint density at radius 3 is 2.89 bits per heavy atom. The summed E-state index contributed by atoms with van der Waals surface area (Å²) >= 11 is 1.78. The zero-order chi connectivity index (χ0) is 13.0. The summed E-state index contributed by atoms with van der Waals surface area (Å²) in [5.74, 6) is 0.187. The molecule has 18 heavy (non-hydrogen) atoms. The van der Waals surface area contributed by atoms with E-state index in [4.69, 9.17) is 5.11 Å². The minimum atomic E-state index is -1.05. The maximum Gasteiger partial charge on any atom is 0.323 e. The molecule has 6 heteroatoms. The minimum Gasteiger partial charge on any atom is -0.480 e. The van der Waals surface area contributed by atoms with E-state index in [1.165, 1.54) is 10.5 Å². The Balaban J connectivity index is 1.82. The maximum atomic E-state index is 11.3. The van der Waals surface area contributed by atoms with E-state index in [0.29, 0.717) is 12.5 Å². The Bertz CT molecular complexity index is 464. The summed E-state index contributed by atoms with van der Waals surface area (Å²) in [6, 6.07) is 7.69. The van der Waals surface area contributed by atoms with Crippen molar-refractivity contribution in [3.05, 3.63) is 29.8 Å². The van der Waals surface area contributed by atoms with Crippen LogP contribution in [0.15, 0.2) is 29.2 Å². The summed E-state index contributed by atoms with van der Waals surface area (Å²) < 4.78 is 0. The first-order valence-corrected chi connectivity index (χ1v) is 6.60. The van der Waals surface area contributed by atoms with Gasteiger partial charge in [0.15, 0.2) is 0 Å². The molecule has 1 aliphatic rings. The van der Waals surface area contributed by atoms with Crippen molar-refractivity contribution in [1.29, 1.82) is 0 Å². The predicted molar refractivity (Wildman–Crippen MR) is 68.9 cm³/mol. The summed E-state index contributed by atoms with van der Waals surface area (Å²) in [4.78, 5) is 22.9. The van der Waals surface area contributed by atoms with Crippen molar-refractivity contribution in [3.8, 4) is 0 Å². The van der Waals surface area contributed by atoms with Gasteiger partial charge in [-0.05, 0) is 11.6 Å². The molecule has 1 unspecified atom stereocenters. The molecule has 3 N–H and O–H groups in total. The van der Waals surface area contributed by atoms with Gasteiger partial charge in [0.1, 0.15) is 6.54 Å². The van der Waals surface area contributed by atoms with Gasteiger partial charge in [-0.1, -0.05) is 18.2 Å². The van der Waals surface area contributed by atoms with Gasteiger partial charge in [0.25, 0.3) is 0 Å². The van der Waals surface area contributed by atoms with Crippen molar-refractivity contribution < 1.29 is 14.7 Å². The van der Waals surface area contributed by atoms with Gasteiger partial charge in [-0.15, -0.1) is 11.8 Å². The fourth-order valence-electron chi connectivity index (χ4n) is 1.83. The normalized spacial score (nSPS) is 17.0. The summed E-state index contributed by atoms with van der Waals surface area (Å²) in [7, 11) is 0. The number of carboxylic acid groups (broad SMARTS) is 1. The third-order valence-electron chi connectivity index (χ3n) is 2.71. The predicted octanol–water partition coefficient (Wildman–Crippen LogP) is 1.26. The third kappa shape index (κ3) is 3.16. The largest absolute Gasteiger partial charge is 0.480 e. The smallest absolute Gasteiger partial charge is 0.323 e. The second-order valence-corrected chi connectivity index (χ2v) is 5.06. The van der Waals surface area contributed by atoms with E-state index >= 15 is 0 Å². The first-order valence-electron chi connectivity index (χ1n) is 5.62. The number of benzene rings is 1. The van der Waals surface area contributed by atoms with Crippen molar-refractivity contribution >= 4 is 23.8 Å². The van der Waals surface area contributed by atoms with E-state index in [2.05, 4.69) is 22.8 Å². The van der Waals surface area contributed by atoms with Gasteiger partial charge >= 0.3 is 12.0 Å². The van der Waals surface area contributed by atoms with Crippen LogP contribution in [0.4, 0.5) is 4.79 Å². The number of carboxylic acids is 1. The number of hydrogen-bond acceptors (Lipinski definition) is 3. The molecule has 1 aromatic carbocycles. The van der Waals surface area contributed by atoms with Crippen molar-refractivity contribution in [3.63, 3.8) is 0 Å². The van der Waals surface area contributed by atoms with Gasteiger partial charge in [0.2, 0.25) is 0 Å². The Kier molecular flexibility index (Phi) is 4.09. The molecule has 0 saturated carbocycles. The third-order valence-corrected chi connectivity index (χ3v) is 3.96. The second-order valence-electron chi connectivity index (χ2n) is 4.00. The number of carbonyl (C=O) groups is 2. The van der Waals surface area contributed by atoms with Gasteiger partial charge in [-0.25, -0.2) is 4.79 Å². The Labute approximate surface area is 109 Å². The lowest BCUT2D eigenvalue weighted by atomic mass is 10.0. The van der Waals surface area contributed by atoms with Gasteiger partial charge in [-0.2, -0.15) is 0 Å². The van der Waals surface area contributed by atoms with Crippen LogP contribution in [-0.4, -0.2) is 35.9 Å². The molecule has 0 bridgehead atoms. The van der Waals surface area contributed by atoms with Crippen LogP contribution in [0.25, 0.3) is 0 Å². The zero-order valence-electron chi connectivity index (χ0n) is 9.68. The summed E-state index contributed by atoms with van der Waals surface area (Å²) in [5.41, 5.74) is 1.25. The molecule has 1 heterocycles. The van der Waals surface area contributed by atoms with Crippen LogP contribution in [0.5, 0.6) is 0 Å². The zero-order valence-corrected chi connectivity index (χ0v) is 10.5. The highest BCUT2D eigenvalue weighted by Gasteiger charge is 2.22. The Morgan fingerprint density at radius 1 is 1.33 bits per heavy atom. The molecule has 0 radical (unpaired) electrons. The molecular weight excluding hydrogens is 252 g/mol. The van der Waals surface area contributed by atoms with Crippen LogP contribution >= 0.6 is 11.8 Å². The molecule has 96 valence electrons. The SMILES string of the molecule is O=C(O)CNC(=O)NCC1CSc2ccccc21. The van der Waals surface area contributed by atoms with E-state index in [0.717, 1.165) is 5.75 Å². The highest BCUT2D eigenvalue weighted by molar-refractivity contribution is 7.99. The summed E-state index contributed by atoms with van der Waals surface area (Å²) in [6.45, 7) is 0.164. The number of carbonyl (C=O) groups excluding carboxylic acids is 1. The lowest BCUT2D eigenvalue weighted by Crippen LogP contribution is -2.40. The number of amides is 2. The van der Waals surface area contributed by atoms with E-state index in [9.17, 15) is 9.59 Å². The topological polar surface area (TPSA) is 78.4 Å². The molecule has 0 spiro atoms. The van der Waals surface area contributed by atoms with Crippen LogP contribution in [-0.2, 0) is 4.79 Å². The number of nitrogens with one attached hydrogen (secondary N) is 2. The van der Waals surface area contributed by atoms with Gasteiger partial charge < -0.3 is 15.7 Å². The molecule has 1 aromatic rings. The second kappa shape index (κ2) is 5.77. The van der Waals surface area contributed by atoms with Crippen LogP contribution in [0.2, 0.25) is 0 Å². The molecule has 2 amide bonds. The molecule has 2 rings (SSSR count). The molecule has 0 aromatic heterocycles. The quantitative estimate of drug-likeness (QED) is 0.766. The highest BCUT2D eigenvalue weighted by Crippen LogP contribution is 2.38. The van der Waals surface area contributed by atoms with Crippen molar-refractivity contribution in [2.45, 2.75) is 10.8 Å². The molecule has 0 fully saturated rings. The Hall–Kier alpha value is -1.69. The number of urea groups is 1. The molecular formula is C12H14N2O3S. The summed E-state index contributed by atoms with van der Waals surface area (Å²) in [5, 5.41) is 13.4. The van der Waals surface area contributed by atoms with Gasteiger partial charge in [0, 0.05) is 23.1 Å². The standard InChI is InChI=1S/C12H14N2O3S/c15-11(16)6-14-12(17)13-5-8-7-18-10-4-2-1-3-9(8)10/h1-4,8H,5-7H2,(H,15,16)(H2,13,14,17). The van der Waals surface area contributed by atoms with Crippen LogP contribution in [0, 0.1) is 0 Å². The molecule has 1 aliphatic heterocycles. The number of hydrogen-bond donors (Lipinski definition) is 3. The average molecular weight is 266 g/mol. The van der Waals surface area contributed by atoms with Crippen LogP contribution in [0.3, 0.4) is 0 Å². The molecule has 5 nitrogen and oxygen atoms in total. The van der Waals surface area contributed by atoms with Crippen molar-refractivity contribution in [1.82, 2.24) is 10.6 Å². The van der Waals surface area contributed by atoms with Crippen LogP contribution in [0.1, 0.15) is 11.5 Å². The summed E-state index contributed by atoms with van der Waals surface area (Å²) in [6.07, 6.45) is 0. The Morgan fingerprint density at radius 2 is 2.11 bits per heavy atom. The number of rotatable bonds is 4. The monoisotopic (exact) mass is 266 g/mol. The maximum absolute atomic E-state index is 11.3. The van der Waals surface area contributed by atoms with E-state index in [-0.39, 0.29) is 6.54 Å². The lowest BCUT2D eigenvalue weighted by molar-refractivity contribution is -0.135. The first kappa shape index (κ1) is 12.8. The van der Waals surface area contributed by atoms with E-state index < -0.39 is 12.0 Å². The van der Waals surface area contributed by atoms with E-state index in [1.54, 1.807) is 11.8 Å². The molecule has 1 atom stereocenters. The number of aliphatic carboxylic acids is 1. The highest BCUT2D eigenvalue weighted by atomic mass is 32.2.